The van der Waals surface area contributed by atoms with Crippen molar-refractivity contribution >= 4 is 35.5 Å². The molecule has 5 nitrogen and oxygen atoms in total. The summed E-state index contributed by atoms with van der Waals surface area (Å²) in [5, 5.41) is 8.78. The predicted octanol–water partition coefficient (Wildman–Crippen LogP) is 7.53. The van der Waals surface area contributed by atoms with Gasteiger partial charge in [-0.25, -0.2) is 4.79 Å². The molecule has 1 N–H and O–H groups in total. The summed E-state index contributed by atoms with van der Waals surface area (Å²) in [5.41, 5.74) is -4.98. The third-order valence-electron chi connectivity index (χ3n) is 5.76. The Kier molecular flexibility index (Phi) is 8.99. The lowest BCUT2D eigenvalue weighted by Gasteiger charge is -2.35. The smallest absolute Gasteiger partial charge is 0.418 e. The summed E-state index contributed by atoms with van der Waals surface area (Å²) >= 11 is 0.526. The number of anilines is 1. The van der Waals surface area contributed by atoms with Gasteiger partial charge in [-0.3, -0.25) is 4.79 Å². The number of piperidine rings is 1. The number of carbonyl (C=O) groups excluding carboxylic acids is 1. The summed E-state index contributed by atoms with van der Waals surface area (Å²) in [6, 6.07) is 8.08. The maximum absolute atomic E-state index is 14.1. The average molecular weight is 576 g/mol. The van der Waals surface area contributed by atoms with Crippen LogP contribution in [0, 0.1) is 5.92 Å². The lowest BCUT2D eigenvalue weighted by atomic mass is 9.97. The first kappa shape index (κ1) is 30.4. The summed E-state index contributed by atoms with van der Waals surface area (Å²) in [6.45, 7) is 5.97. The molecule has 2 aromatic carbocycles. The number of carboxylic acid groups (broad SMARTS) is 1. The second kappa shape index (κ2) is 11.5. The Labute approximate surface area is 225 Å². The highest BCUT2D eigenvalue weighted by atomic mass is 32.2. The highest BCUT2D eigenvalue weighted by molar-refractivity contribution is 7.99. The van der Waals surface area contributed by atoms with E-state index in [2.05, 4.69) is 0 Å². The number of ether oxygens (including phenoxy) is 1. The van der Waals surface area contributed by atoms with E-state index in [4.69, 9.17) is 9.84 Å². The van der Waals surface area contributed by atoms with Crippen LogP contribution in [0.25, 0.3) is 6.08 Å². The number of aliphatic carboxylic acids is 1. The normalized spacial score (nSPS) is 16.9. The van der Waals surface area contributed by atoms with Crippen LogP contribution < -0.4 is 4.90 Å². The van der Waals surface area contributed by atoms with Crippen molar-refractivity contribution in [3.8, 4) is 0 Å². The van der Waals surface area contributed by atoms with Crippen LogP contribution in [-0.2, 0) is 26.7 Å². The molecule has 1 heterocycles. The second-order valence-electron chi connectivity index (χ2n) is 9.96. The van der Waals surface area contributed by atoms with E-state index in [9.17, 15) is 35.9 Å². The minimum Gasteiger partial charge on any atom is -0.478 e. The molecule has 1 aliphatic heterocycles. The first-order valence-electron chi connectivity index (χ1n) is 11.9. The fraction of sp³-hybridized carbons (Fsp3) is 0.407. The Morgan fingerprint density at radius 3 is 2.21 bits per heavy atom. The van der Waals surface area contributed by atoms with Crippen LogP contribution in [0.5, 0.6) is 0 Å². The predicted molar refractivity (Wildman–Crippen MR) is 134 cm³/mol. The van der Waals surface area contributed by atoms with E-state index >= 15 is 0 Å². The number of hydrogen-bond acceptors (Lipinski definition) is 5. The number of para-hydroxylation sites is 1. The lowest BCUT2D eigenvalue weighted by molar-refractivity contribution is -0.163. The van der Waals surface area contributed by atoms with Gasteiger partial charge in [0.2, 0.25) is 0 Å². The molecular weight excluding hydrogens is 548 g/mol. The number of rotatable bonds is 6. The molecule has 0 radical (unpaired) electrons. The number of hydrogen-bond donors (Lipinski definition) is 1. The van der Waals surface area contributed by atoms with Crippen molar-refractivity contribution in [3.05, 3.63) is 59.2 Å². The quantitative estimate of drug-likeness (QED) is 0.218. The van der Waals surface area contributed by atoms with Crippen LogP contribution in [-0.4, -0.2) is 35.7 Å². The Bertz CT molecular complexity index is 1250. The van der Waals surface area contributed by atoms with Crippen molar-refractivity contribution < 1.29 is 45.8 Å². The third kappa shape index (κ3) is 7.93. The van der Waals surface area contributed by atoms with E-state index in [0.29, 0.717) is 49.0 Å². The van der Waals surface area contributed by atoms with Crippen LogP contribution in [0.1, 0.15) is 50.3 Å². The van der Waals surface area contributed by atoms with Gasteiger partial charge >= 0.3 is 24.3 Å². The fourth-order valence-electron chi connectivity index (χ4n) is 4.27. The number of esters is 1. The Balaban J connectivity index is 2.04. The number of carbonyl (C=O) groups is 2. The summed E-state index contributed by atoms with van der Waals surface area (Å²) in [7, 11) is 0. The monoisotopic (exact) mass is 575 g/mol. The molecule has 212 valence electrons. The van der Waals surface area contributed by atoms with Gasteiger partial charge in [0.25, 0.3) is 0 Å². The van der Waals surface area contributed by atoms with Crippen molar-refractivity contribution in [3.63, 3.8) is 0 Å². The molecule has 1 atom stereocenters. The number of benzene rings is 2. The van der Waals surface area contributed by atoms with E-state index in [-0.39, 0.29) is 11.4 Å². The largest absolute Gasteiger partial charge is 0.478 e. The van der Waals surface area contributed by atoms with Gasteiger partial charge < -0.3 is 14.7 Å². The molecule has 0 saturated carbocycles. The highest BCUT2D eigenvalue weighted by Crippen LogP contribution is 2.49. The van der Waals surface area contributed by atoms with Crippen molar-refractivity contribution in [2.45, 2.75) is 61.4 Å². The van der Waals surface area contributed by atoms with Crippen molar-refractivity contribution in [1.29, 1.82) is 0 Å². The Hall–Kier alpha value is -3.15. The minimum absolute atomic E-state index is 0.241. The van der Waals surface area contributed by atoms with Gasteiger partial charge in [-0.15, -0.1) is 0 Å². The van der Waals surface area contributed by atoms with Gasteiger partial charge in [0, 0.05) is 29.0 Å². The fourth-order valence-corrected chi connectivity index (χ4v) is 5.41. The van der Waals surface area contributed by atoms with Crippen LogP contribution >= 0.6 is 11.8 Å². The summed E-state index contributed by atoms with van der Waals surface area (Å²) in [5.74, 6) is -2.47. The zero-order chi connectivity index (χ0) is 29.2. The maximum atomic E-state index is 14.1. The summed E-state index contributed by atoms with van der Waals surface area (Å²) in [6.07, 6.45) is -8.77. The molecule has 39 heavy (non-hydrogen) atoms. The number of alkyl halides is 6. The Morgan fingerprint density at radius 1 is 0.974 bits per heavy atom. The third-order valence-corrected chi connectivity index (χ3v) is 6.88. The molecule has 1 fully saturated rings. The highest BCUT2D eigenvalue weighted by Gasteiger charge is 2.46. The number of nitrogens with zero attached hydrogens (tertiary/aromatic N) is 1. The SMILES string of the molecule is CC(C)(C)OC(=O)C1CCCN(c2ccccc2Sc2ccc(C=CC(=O)O)c(C(F)(F)F)c2C(F)(F)F)C1. The first-order chi connectivity index (χ1) is 18.0. The van der Waals surface area contributed by atoms with E-state index < -0.39 is 57.4 Å². The van der Waals surface area contributed by atoms with E-state index in [0.717, 1.165) is 12.1 Å². The molecule has 1 saturated heterocycles. The minimum atomic E-state index is -5.41. The lowest BCUT2D eigenvalue weighted by Crippen LogP contribution is -2.41. The molecule has 1 unspecified atom stereocenters. The second-order valence-corrected chi connectivity index (χ2v) is 11.0. The van der Waals surface area contributed by atoms with E-state index in [1.54, 1.807) is 39.0 Å². The van der Waals surface area contributed by atoms with E-state index in [1.165, 1.54) is 6.07 Å². The molecule has 0 bridgehead atoms. The zero-order valence-corrected chi connectivity index (χ0v) is 22.1. The van der Waals surface area contributed by atoms with Crippen molar-refractivity contribution in [1.82, 2.24) is 0 Å². The summed E-state index contributed by atoms with van der Waals surface area (Å²) < 4.78 is 89.7. The average Bonchev–Trinajstić information content (AvgIpc) is 2.81. The topological polar surface area (TPSA) is 66.8 Å². The molecule has 3 rings (SSSR count). The van der Waals surface area contributed by atoms with Crippen molar-refractivity contribution in [2.75, 3.05) is 18.0 Å². The maximum Gasteiger partial charge on any atom is 0.418 e. The van der Waals surface area contributed by atoms with Gasteiger partial charge in [-0.05, 0) is 63.5 Å². The molecule has 0 amide bonds. The van der Waals surface area contributed by atoms with Crippen LogP contribution in [0.4, 0.5) is 32.0 Å². The van der Waals surface area contributed by atoms with Gasteiger partial charge in [0.15, 0.2) is 0 Å². The number of halogens is 6. The van der Waals surface area contributed by atoms with Gasteiger partial charge in [-0.1, -0.05) is 30.0 Å². The van der Waals surface area contributed by atoms with Crippen molar-refractivity contribution in [2.24, 2.45) is 5.92 Å². The molecule has 12 heteroatoms. The van der Waals surface area contributed by atoms with Crippen LogP contribution in [0.15, 0.2) is 52.3 Å². The molecule has 1 aliphatic rings. The van der Waals surface area contributed by atoms with Crippen LogP contribution in [0.3, 0.4) is 0 Å². The molecule has 2 aromatic rings. The van der Waals surface area contributed by atoms with E-state index in [1.807, 2.05) is 4.90 Å². The standard InChI is InChI=1S/C27H27F6NO4S/c1-25(2,3)38-24(37)17-7-6-14-34(15-17)18-8-4-5-9-19(18)39-20-12-10-16(11-13-21(35)36)22(26(28,29)30)23(20)27(31,32)33/h4-5,8-13,17H,6-7,14-15H2,1-3H3,(H,35,36). The van der Waals surface area contributed by atoms with Gasteiger partial charge in [-0.2, -0.15) is 26.3 Å². The molecule has 0 aromatic heterocycles. The summed E-state index contributed by atoms with van der Waals surface area (Å²) in [4.78, 5) is 24.9. The van der Waals surface area contributed by atoms with Gasteiger partial charge in [0.05, 0.1) is 22.7 Å². The zero-order valence-electron chi connectivity index (χ0n) is 21.3. The molecule has 0 spiro atoms. The van der Waals surface area contributed by atoms with Crippen LogP contribution in [0.2, 0.25) is 0 Å². The van der Waals surface area contributed by atoms with Gasteiger partial charge in [0.1, 0.15) is 5.60 Å². The molecular formula is C27H27F6NO4S. The Morgan fingerprint density at radius 2 is 1.62 bits per heavy atom. The first-order valence-corrected chi connectivity index (χ1v) is 12.8. The number of carboxylic acids is 1. The molecule has 0 aliphatic carbocycles.